The Kier molecular flexibility index (Phi) is 4.81. The molecule has 1 fully saturated rings. The van der Waals surface area contributed by atoms with Gasteiger partial charge >= 0.3 is 0 Å². The van der Waals surface area contributed by atoms with Crippen molar-refractivity contribution in [1.29, 1.82) is 0 Å². The second kappa shape index (κ2) is 6.39. The van der Waals surface area contributed by atoms with Crippen LogP contribution in [0.5, 0.6) is 0 Å². The highest BCUT2D eigenvalue weighted by Gasteiger charge is 2.33. The van der Waals surface area contributed by atoms with Gasteiger partial charge in [0, 0.05) is 38.5 Å². The van der Waals surface area contributed by atoms with Crippen LogP contribution in [0.4, 0.5) is 0 Å². The highest BCUT2D eigenvalue weighted by atomic mass is 16.5. The molecule has 0 unspecified atom stereocenters. The van der Waals surface area contributed by atoms with Crippen LogP contribution in [0.25, 0.3) is 0 Å². The number of hydrogen-bond donors (Lipinski definition) is 0. The van der Waals surface area contributed by atoms with Crippen molar-refractivity contribution in [2.75, 3.05) is 13.7 Å². The van der Waals surface area contributed by atoms with Gasteiger partial charge < -0.3 is 9.64 Å². The van der Waals surface area contributed by atoms with Gasteiger partial charge in [-0.1, -0.05) is 19.3 Å². The summed E-state index contributed by atoms with van der Waals surface area (Å²) in [5.74, 6) is 0. The minimum Gasteiger partial charge on any atom is -0.376 e. The quantitative estimate of drug-likeness (QED) is 0.749. The van der Waals surface area contributed by atoms with E-state index in [1.54, 1.807) is 7.11 Å². The lowest BCUT2D eigenvalue weighted by Gasteiger charge is -2.38. The van der Waals surface area contributed by atoms with E-state index in [0.29, 0.717) is 13.1 Å². The molecule has 0 atom stereocenters. The van der Waals surface area contributed by atoms with Crippen molar-refractivity contribution < 1.29 is 9.53 Å². The van der Waals surface area contributed by atoms with Gasteiger partial charge in [0.05, 0.1) is 11.8 Å². The monoisotopic (exact) mass is 279 g/mol. The minimum atomic E-state index is -0.157. The second-order valence-electron chi connectivity index (χ2n) is 5.84. The third kappa shape index (κ3) is 3.20. The van der Waals surface area contributed by atoms with Gasteiger partial charge in [0.15, 0.2) is 0 Å². The molecule has 5 heteroatoms. The van der Waals surface area contributed by atoms with Gasteiger partial charge in [-0.3, -0.25) is 9.48 Å². The third-order valence-corrected chi connectivity index (χ3v) is 4.55. The van der Waals surface area contributed by atoms with E-state index in [1.165, 1.54) is 19.3 Å². The maximum atomic E-state index is 11.4. The molecule has 1 aromatic heterocycles. The molecular weight excluding hydrogens is 254 g/mol. The van der Waals surface area contributed by atoms with Crippen LogP contribution in [-0.2, 0) is 23.1 Å². The van der Waals surface area contributed by atoms with E-state index in [0.717, 1.165) is 30.5 Å². The van der Waals surface area contributed by atoms with E-state index in [2.05, 4.69) is 5.10 Å². The zero-order valence-corrected chi connectivity index (χ0v) is 12.8. The molecule has 0 aromatic carbocycles. The van der Waals surface area contributed by atoms with Crippen LogP contribution in [0.1, 0.15) is 43.4 Å². The van der Waals surface area contributed by atoms with Crippen LogP contribution in [-0.4, -0.2) is 40.3 Å². The molecule has 112 valence electrons. The van der Waals surface area contributed by atoms with Gasteiger partial charge in [-0.2, -0.15) is 5.10 Å². The van der Waals surface area contributed by atoms with Crippen molar-refractivity contribution in [2.24, 2.45) is 7.05 Å². The Morgan fingerprint density at radius 1 is 1.45 bits per heavy atom. The molecule has 1 heterocycles. The molecule has 1 aliphatic carbocycles. The number of aromatic nitrogens is 2. The molecule has 1 aromatic rings. The number of rotatable bonds is 6. The lowest BCUT2D eigenvalue weighted by Crippen LogP contribution is -2.45. The van der Waals surface area contributed by atoms with Crippen LogP contribution in [0.2, 0.25) is 0 Å². The number of hydrogen-bond acceptors (Lipinski definition) is 3. The van der Waals surface area contributed by atoms with Gasteiger partial charge in [0.1, 0.15) is 0 Å². The van der Waals surface area contributed by atoms with E-state index >= 15 is 0 Å². The Bertz CT molecular complexity index is 450. The first kappa shape index (κ1) is 15.0. The maximum Gasteiger partial charge on any atom is 0.210 e. The van der Waals surface area contributed by atoms with Crippen LogP contribution in [0.3, 0.4) is 0 Å². The van der Waals surface area contributed by atoms with Crippen molar-refractivity contribution in [3.05, 3.63) is 17.5 Å². The molecule has 0 bridgehead atoms. The Balaban J connectivity index is 2.04. The summed E-state index contributed by atoms with van der Waals surface area (Å²) in [6.07, 6.45) is 8.50. The van der Waals surface area contributed by atoms with Crippen LogP contribution >= 0.6 is 0 Å². The van der Waals surface area contributed by atoms with Gasteiger partial charge in [0.2, 0.25) is 6.41 Å². The average Bonchev–Trinajstić information content (AvgIpc) is 2.79. The first-order chi connectivity index (χ1) is 9.60. The van der Waals surface area contributed by atoms with Gasteiger partial charge in [-0.25, -0.2) is 0 Å². The fraction of sp³-hybridized carbons (Fsp3) is 0.733. The summed E-state index contributed by atoms with van der Waals surface area (Å²) < 4.78 is 7.60. The highest BCUT2D eigenvalue weighted by Crippen LogP contribution is 2.32. The lowest BCUT2D eigenvalue weighted by atomic mass is 9.84. The Labute approximate surface area is 120 Å². The van der Waals surface area contributed by atoms with Crippen LogP contribution < -0.4 is 0 Å². The summed E-state index contributed by atoms with van der Waals surface area (Å²) >= 11 is 0. The Hall–Kier alpha value is -1.36. The molecule has 2 rings (SSSR count). The van der Waals surface area contributed by atoms with E-state index in [4.69, 9.17) is 4.74 Å². The summed E-state index contributed by atoms with van der Waals surface area (Å²) in [5.41, 5.74) is 2.04. The molecule has 0 N–H and O–H groups in total. The molecule has 0 spiro atoms. The summed E-state index contributed by atoms with van der Waals surface area (Å²) in [5, 5.41) is 4.23. The number of aryl methyl sites for hydroxylation is 1. The van der Waals surface area contributed by atoms with Crippen LogP contribution in [0, 0.1) is 6.92 Å². The van der Waals surface area contributed by atoms with Crippen molar-refractivity contribution in [3.8, 4) is 0 Å². The van der Waals surface area contributed by atoms with Gasteiger partial charge in [-0.05, 0) is 19.8 Å². The fourth-order valence-electron chi connectivity index (χ4n) is 3.04. The summed E-state index contributed by atoms with van der Waals surface area (Å²) in [6, 6.07) is 0. The molecule has 1 amide bonds. The molecule has 0 aliphatic heterocycles. The van der Waals surface area contributed by atoms with Gasteiger partial charge in [-0.15, -0.1) is 0 Å². The van der Waals surface area contributed by atoms with E-state index in [-0.39, 0.29) is 5.60 Å². The minimum absolute atomic E-state index is 0.157. The summed E-state index contributed by atoms with van der Waals surface area (Å²) in [7, 11) is 3.69. The molecule has 5 nitrogen and oxygen atoms in total. The molecule has 0 saturated heterocycles. The van der Waals surface area contributed by atoms with Crippen LogP contribution in [0.15, 0.2) is 6.20 Å². The molecule has 1 saturated carbocycles. The largest absolute Gasteiger partial charge is 0.376 e. The first-order valence-corrected chi connectivity index (χ1v) is 7.32. The van der Waals surface area contributed by atoms with Crippen molar-refractivity contribution in [1.82, 2.24) is 14.7 Å². The number of amides is 1. The average molecular weight is 279 g/mol. The van der Waals surface area contributed by atoms with E-state index < -0.39 is 0 Å². The number of methoxy groups -OCH3 is 1. The summed E-state index contributed by atoms with van der Waals surface area (Å²) in [6.45, 7) is 3.30. The predicted octanol–water partition coefficient (Wildman–Crippen LogP) is 2.04. The second-order valence-corrected chi connectivity index (χ2v) is 5.84. The number of nitrogens with zero attached hydrogens (tertiary/aromatic N) is 3. The molecule has 20 heavy (non-hydrogen) atoms. The molecule has 1 aliphatic rings. The molecule has 0 radical (unpaired) electrons. The predicted molar refractivity (Wildman–Crippen MR) is 77.2 cm³/mol. The van der Waals surface area contributed by atoms with E-state index in [9.17, 15) is 4.79 Å². The molecular formula is C15H25N3O2. The first-order valence-electron chi connectivity index (χ1n) is 7.32. The topological polar surface area (TPSA) is 47.4 Å². The SMILES string of the molecule is COC1(CN(C=O)Cc2cnn(C)c2C)CCCCC1. The highest BCUT2D eigenvalue weighted by molar-refractivity contribution is 5.47. The third-order valence-electron chi connectivity index (χ3n) is 4.55. The standard InChI is InChI=1S/C15H25N3O2/c1-13-14(9-16-17(13)2)10-18(12-19)11-15(20-3)7-5-4-6-8-15/h9,12H,4-8,10-11H2,1-3H3. The van der Waals surface area contributed by atoms with Crippen molar-refractivity contribution in [2.45, 2.75) is 51.2 Å². The zero-order chi connectivity index (χ0) is 14.6. The van der Waals surface area contributed by atoms with Gasteiger partial charge in [0.25, 0.3) is 0 Å². The lowest BCUT2D eigenvalue weighted by molar-refractivity contribution is -0.125. The van der Waals surface area contributed by atoms with E-state index in [1.807, 2.05) is 29.7 Å². The number of ether oxygens (including phenoxy) is 1. The maximum absolute atomic E-state index is 11.4. The smallest absolute Gasteiger partial charge is 0.210 e. The number of carbonyl (C=O) groups is 1. The fourth-order valence-corrected chi connectivity index (χ4v) is 3.04. The Morgan fingerprint density at radius 3 is 2.65 bits per heavy atom. The summed E-state index contributed by atoms with van der Waals surface area (Å²) in [4.78, 5) is 13.2. The Morgan fingerprint density at radius 2 is 2.15 bits per heavy atom. The zero-order valence-electron chi connectivity index (χ0n) is 12.8. The van der Waals surface area contributed by atoms with Crippen molar-refractivity contribution >= 4 is 6.41 Å². The number of carbonyl (C=O) groups excluding carboxylic acids is 1. The normalized spacial score (nSPS) is 17.9. The van der Waals surface area contributed by atoms with Crippen molar-refractivity contribution in [3.63, 3.8) is 0 Å².